The third-order valence-corrected chi connectivity index (χ3v) is 2.62. The summed E-state index contributed by atoms with van der Waals surface area (Å²) >= 11 is 0. The smallest absolute Gasteiger partial charge is 0.320 e. The molecule has 0 aromatic rings. The van der Waals surface area contributed by atoms with E-state index in [-0.39, 0.29) is 12.1 Å². The number of ether oxygens (including phenoxy) is 1. The number of methoxy groups -OCH3 is 1. The fourth-order valence-electron chi connectivity index (χ4n) is 1.82. The van der Waals surface area contributed by atoms with Gasteiger partial charge in [-0.05, 0) is 12.8 Å². The van der Waals surface area contributed by atoms with Gasteiger partial charge in [-0.25, -0.2) is 0 Å². The van der Waals surface area contributed by atoms with Crippen LogP contribution in [0, 0.1) is 0 Å². The molecule has 1 aliphatic rings. The van der Waals surface area contributed by atoms with Crippen molar-refractivity contribution in [2.45, 2.75) is 31.9 Å². The Labute approximate surface area is 78.5 Å². The van der Waals surface area contributed by atoms with Crippen LogP contribution in [0.15, 0.2) is 0 Å². The van der Waals surface area contributed by atoms with Crippen LogP contribution >= 0.6 is 0 Å². The maximum Gasteiger partial charge on any atom is 0.320 e. The number of likely N-dealkylation sites (tertiary alicyclic amines) is 1. The van der Waals surface area contributed by atoms with E-state index in [1.165, 1.54) is 0 Å². The summed E-state index contributed by atoms with van der Waals surface area (Å²) in [5, 5.41) is 8.91. The first-order chi connectivity index (χ1) is 6.19. The van der Waals surface area contributed by atoms with Crippen LogP contribution in [0.3, 0.4) is 0 Å². The highest BCUT2D eigenvalue weighted by molar-refractivity contribution is 5.73. The van der Waals surface area contributed by atoms with E-state index in [4.69, 9.17) is 9.84 Å². The number of hydrogen-bond donors (Lipinski definition) is 1. The van der Waals surface area contributed by atoms with Gasteiger partial charge in [-0.2, -0.15) is 0 Å². The molecule has 0 radical (unpaired) electrons. The van der Waals surface area contributed by atoms with Crippen molar-refractivity contribution in [3.8, 4) is 0 Å². The molecular weight excluding hydrogens is 170 g/mol. The first-order valence-electron chi connectivity index (χ1n) is 4.68. The molecule has 4 nitrogen and oxygen atoms in total. The Kier molecular flexibility index (Phi) is 3.69. The van der Waals surface area contributed by atoms with E-state index in [1.54, 1.807) is 7.11 Å². The fourth-order valence-corrected chi connectivity index (χ4v) is 1.82. The lowest BCUT2D eigenvalue weighted by molar-refractivity contribution is -0.143. The quantitative estimate of drug-likeness (QED) is 0.699. The minimum absolute atomic E-state index is 0.216. The molecule has 0 aliphatic carbocycles. The standard InChI is InChI=1S/C9H17NO3/c1-3-8(9(11)12)10-5-4-7(6-10)13-2/h7-8H,3-6H2,1-2H3,(H,11,12)/t7-,8+/m1/s1. The molecule has 1 heterocycles. The van der Waals surface area contributed by atoms with E-state index >= 15 is 0 Å². The largest absolute Gasteiger partial charge is 0.480 e. The summed E-state index contributed by atoms with van der Waals surface area (Å²) in [7, 11) is 1.68. The Balaban J connectivity index is 2.48. The Morgan fingerprint density at radius 2 is 2.46 bits per heavy atom. The number of hydrogen-bond acceptors (Lipinski definition) is 3. The maximum absolute atomic E-state index is 10.8. The molecule has 0 unspecified atom stereocenters. The third-order valence-electron chi connectivity index (χ3n) is 2.62. The van der Waals surface area contributed by atoms with E-state index in [2.05, 4.69) is 0 Å². The van der Waals surface area contributed by atoms with Gasteiger partial charge in [0.05, 0.1) is 6.10 Å². The number of carbonyl (C=O) groups is 1. The number of nitrogens with zero attached hydrogens (tertiary/aromatic N) is 1. The summed E-state index contributed by atoms with van der Waals surface area (Å²) in [4.78, 5) is 12.8. The predicted octanol–water partition coefficient (Wildman–Crippen LogP) is 0.570. The molecule has 2 atom stereocenters. The first-order valence-corrected chi connectivity index (χ1v) is 4.68. The van der Waals surface area contributed by atoms with Gasteiger partial charge in [-0.1, -0.05) is 6.92 Å². The molecule has 1 N–H and O–H groups in total. The fraction of sp³-hybridized carbons (Fsp3) is 0.889. The molecule has 76 valence electrons. The average molecular weight is 187 g/mol. The number of carboxylic acid groups (broad SMARTS) is 1. The summed E-state index contributed by atoms with van der Waals surface area (Å²) in [6.07, 6.45) is 1.82. The van der Waals surface area contributed by atoms with Crippen molar-refractivity contribution in [1.82, 2.24) is 4.90 Å². The highest BCUT2D eigenvalue weighted by Gasteiger charge is 2.30. The summed E-state index contributed by atoms with van der Waals surface area (Å²) in [5.74, 6) is -0.723. The zero-order chi connectivity index (χ0) is 9.84. The molecule has 1 saturated heterocycles. The Morgan fingerprint density at radius 3 is 2.85 bits per heavy atom. The summed E-state index contributed by atoms with van der Waals surface area (Å²) in [6.45, 7) is 3.49. The monoisotopic (exact) mass is 187 g/mol. The molecule has 0 aromatic heterocycles. The Morgan fingerprint density at radius 1 is 1.77 bits per heavy atom. The van der Waals surface area contributed by atoms with Gasteiger partial charge >= 0.3 is 5.97 Å². The van der Waals surface area contributed by atoms with E-state index in [0.717, 1.165) is 19.5 Å². The zero-order valence-electron chi connectivity index (χ0n) is 8.19. The highest BCUT2D eigenvalue weighted by atomic mass is 16.5. The second kappa shape index (κ2) is 4.58. The minimum Gasteiger partial charge on any atom is -0.480 e. The molecule has 4 heteroatoms. The molecular formula is C9H17NO3. The highest BCUT2D eigenvalue weighted by Crippen LogP contribution is 2.16. The van der Waals surface area contributed by atoms with Crippen LogP contribution in [0.5, 0.6) is 0 Å². The third kappa shape index (κ3) is 2.42. The van der Waals surface area contributed by atoms with Gasteiger partial charge in [0, 0.05) is 20.2 Å². The van der Waals surface area contributed by atoms with Gasteiger partial charge in [0.25, 0.3) is 0 Å². The lowest BCUT2D eigenvalue weighted by Gasteiger charge is -2.22. The van der Waals surface area contributed by atoms with E-state index in [0.29, 0.717) is 6.42 Å². The molecule has 1 rings (SSSR count). The summed E-state index contributed by atoms with van der Waals surface area (Å²) < 4.78 is 5.18. The minimum atomic E-state index is -0.723. The van der Waals surface area contributed by atoms with Crippen LogP contribution in [-0.2, 0) is 9.53 Å². The second-order valence-corrected chi connectivity index (χ2v) is 3.40. The summed E-state index contributed by atoms with van der Waals surface area (Å²) in [6, 6.07) is -0.333. The van der Waals surface area contributed by atoms with Crippen LogP contribution in [0.4, 0.5) is 0 Å². The van der Waals surface area contributed by atoms with E-state index < -0.39 is 5.97 Å². The molecule has 0 saturated carbocycles. The van der Waals surface area contributed by atoms with Crippen molar-refractivity contribution >= 4 is 5.97 Å². The van der Waals surface area contributed by atoms with Gasteiger partial charge in [0.2, 0.25) is 0 Å². The molecule has 0 spiro atoms. The average Bonchev–Trinajstić information content (AvgIpc) is 2.53. The van der Waals surface area contributed by atoms with Gasteiger partial charge in [-0.15, -0.1) is 0 Å². The van der Waals surface area contributed by atoms with Gasteiger partial charge in [0.15, 0.2) is 0 Å². The number of carboxylic acids is 1. The topological polar surface area (TPSA) is 49.8 Å². The van der Waals surface area contributed by atoms with Crippen LogP contribution in [-0.4, -0.2) is 48.3 Å². The lowest BCUT2D eigenvalue weighted by atomic mass is 10.2. The first kappa shape index (κ1) is 10.5. The maximum atomic E-state index is 10.8. The van der Waals surface area contributed by atoms with E-state index in [9.17, 15) is 4.79 Å². The van der Waals surface area contributed by atoms with Crippen molar-refractivity contribution < 1.29 is 14.6 Å². The summed E-state index contributed by atoms with van der Waals surface area (Å²) in [5.41, 5.74) is 0. The van der Waals surface area contributed by atoms with Crippen LogP contribution < -0.4 is 0 Å². The molecule has 0 aromatic carbocycles. The molecule has 13 heavy (non-hydrogen) atoms. The normalized spacial score (nSPS) is 26.2. The van der Waals surface area contributed by atoms with Crippen molar-refractivity contribution in [3.05, 3.63) is 0 Å². The van der Waals surface area contributed by atoms with E-state index in [1.807, 2.05) is 11.8 Å². The van der Waals surface area contributed by atoms with Crippen LogP contribution in [0.25, 0.3) is 0 Å². The van der Waals surface area contributed by atoms with Crippen molar-refractivity contribution in [3.63, 3.8) is 0 Å². The predicted molar refractivity (Wildman–Crippen MR) is 48.7 cm³/mol. The van der Waals surface area contributed by atoms with Crippen molar-refractivity contribution in [1.29, 1.82) is 0 Å². The molecule has 1 aliphatic heterocycles. The van der Waals surface area contributed by atoms with Crippen molar-refractivity contribution in [2.75, 3.05) is 20.2 Å². The van der Waals surface area contributed by atoms with Gasteiger partial charge < -0.3 is 9.84 Å². The molecule has 1 fully saturated rings. The van der Waals surface area contributed by atoms with Crippen molar-refractivity contribution in [2.24, 2.45) is 0 Å². The second-order valence-electron chi connectivity index (χ2n) is 3.40. The zero-order valence-corrected chi connectivity index (χ0v) is 8.19. The van der Waals surface area contributed by atoms with Gasteiger partial charge in [-0.3, -0.25) is 9.69 Å². The molecule has 0 bridgehead atoms. The Bertz CT molecular complexity index is 184. The van der Waals surface area contributed by atoms with Crippen LogP contribution in [0.1, 0.15) is 19.8 Å². The lowest BCUT2D eigenvalue weighted by Crippen LogP contribution is -2.39. The number of rotatable bonds is 4. The molecule has 0 amide bonds. The van der Waals surface area contributed by atoms with Gasteiger partial charge in [0.1, 0.15) is 6.04 Å². The number of aliphatic carboxylic acids is 1. The Hall–Kier alpha value is -0.610. The SMILES string of the molecule is CC[C@@H](C(=O)O)N1CC[C@@H](OC)C1. The van der Waals surface area contributed by atoms with Crippen LogP contribution in [0.2, 0.25) is 0 Å².